The third kappa shape index (κ3) is 14.7. The van der Waals surface area contributed by atoms with Crippen molar-refractivity contribution in [2.75, 3.05) is 18.8 Å². The van der Waals surface area contributed by atoms with Gasteiger partial charge in [-0.2, -0.15) is 0 Å². The van der Waals surface area contributed by atoms with Crippen molar-refractivity contribution in [3.63, 3.8) is 0 Å². The molecule has 5 heteroatoms. The number of carbonyl (C=O) groups excluding carboxylic acids is 1. The quantitative estimate of drug-likeness (QED) is 0.204. The van der Waals surface area contributed by atoms with E-state index in [1.165, 1.54) is 62.7 Å². The van der Waals surface area contributed by atoms with Crippen molar-refractivity contribution in [2.24, 2.45) is 0 Å². The van der Waals surface area contributed by atoms with Crippen LogP contribution in [0.2, 0.25) is 0 Å². The SMILES string of the molecule is CCCCCCCCCCNC(=O)NCCCCCCSc1ccc(O)cc1. The molecule has 0 radical (unpaired) electrons. The highest BCUT2D eigenvalue weighted by Crippen LogP contribution is 2.22. The summed E-state index contributed by atoms with van der Waals surface area (Å²) in [5.74, 6) is 1.41. The molecular formula is C23H40N2O2S. The average molecular weight is 409 g/mol. The Bertz CT molecular complexity index is 494. The zero-order valence-electron chi connectivity index (χ0n) is 17.7. The zero-order chi connectivity index (χ0) is 20.3. The molecule has 0 fully saturated rings. The minimum absolute atomic E-state index is 0.0224. The number of hydrogen-bond acceptors (Lipinski definition) is 3. The molecule has 0 aliphatic rings. The van der Waals surface area contributed by atoms with E-state index in [9.17, 15) is 9.90 Å². The molecule has 0 aliphatic heterocycles. The van der Waals surface area contributed by atoms with E-state index in [0.717, 1.165) is 38.1 Å². The lowest BCUT2D eigenvalue weighted by molar-refractivity contribution is 0.240. The third-order valence-electron chi connectivity index (χ3n) is 4.78. The van der Waals surface area contributed by atoms with Crippen molar-refractivity contribution in [2.45, 2.75) is 88.9 Å². The molecule has 3 N–H and O–H groups in total. The molecule has 0 aromatic heterocycles. The molecule has 0 unspecified atom stereocenters. The van der Waals surface area contributed by atoms with Crippen LogP contribution in [0.25, 0.3) is 0 Å². The van der Waals surface area contributed by atoms with Crippen molar-refractivity contribution in [3.8, 4) is 5.75 Å². The monoisotopic (exact) mass is 408 g/mol. The van der Waals surface area contributed by atoms with Crippen LogP contribution in [-0.4, -0.2) is 30.0 Å². The topological polar surface area (TPSA) is 61.4 Å². The molecule has 4 nitrogen and oxygen atoms in total. The minimum atomic E-state index is -0.0224. The van der Waals surface area contributed by atoms with Crippen LogP contribution in [0.4, 0.5) is 4.79 Å². The van der Waals surface area contributed by atoms with E-state index in [0.29, 0.717) is 5.75 Å². The molecule has 160 valence electrons. The van der Waals surface area contributed by atoms with Crippen LogP contribution in [-0.2, 0) is 0 Å². The summed E-state index contributed by atoms with van der Waals surface area (Å²) in [7, 11) is 0. The van der Waals surface area contributed by atoms with Gasteiger partial charge in [0.1, 0.15) is 5.75 Å². The maximum Gasteiger partial charge on any atom is 0.314 e. The molecule has 2 amide bonds. The number of carbonyl (C=O) groups is 1. The van der Waals surface area contributed by atoms with E-state index in [2.05, 4.69) is 17.6 Å². The summed E-state index contributed by atoms with van der Waals surface area (Å²) >= 11 is 1.83. The van der Waals surface area contributed by atoms with Crippen molar-refractivity contribution in [3.05, 3.63) is 24.3 Å². The Hall–Kier alpha value is -1.36. The van der Waals surface area contributed by atoms with Gasteiger partial charge in [-0.3, -0.25) is 0 Å². The number of amides is 2. The molecule has 0 heterocycles. The zero-order valence-corrected chi connectivity index (χ0v) is 18.5. The number of unbranched alkanes of at least 4 members (excludes halogenated alkanes) is 10. The van der Waals surface area contributed by atoms with Crippen molar-refractivity contribution in [1.29, 1.82) is 0 Å². The Morgan fingerprint density at radius 2 is 1.29 bits per heavy atom. The number of rotatable bonds is 17. The van der Waals surface area contributed by atoms with Gasteiger partial charge in [-0.25, -0.2) is 4.79 Å². The first-order valence-corrected chi connectivity index (χ1v) is 12.1. The number of hydrogen-bond donors (Lipinski definition) is 3. The van der Waals surface area contributed by atoms with Gasteiger partial charge < -0.3 is 15.7 Å². The van der Waals surface area contributed by atoms with Gasteiger partial charge in [0.15, 0.2) is 0 Å². The molecule has 1 rings (SSSR count). The van der Waals surface area contributed by atoms with E-state index in [1.807, 2.05) is 23.9 Å². The number of benzene rings is 1. The largest absolute Gasteiger partial charge is 0.508 e. The highest BCUT2D eigenvalue weighted by molar-refractivity contribution is 7.99. The maximum absolute atomic E-state index is 11.7. The summed E-state index contributed by atoms with van der Waals surface area (Å²) in [5.41, 5.74) is 0. The number of nitrogens with one attached hydrogen (secondary N) is 2. The lowest BCUT2D eigenvalue weighted by Crippen LogP contribution is -2.36. The Labute approximate surface area is 176 Å². The first-order chi connectivity index (χ1) is 13.7. The molecule has 0 saturated carbocycles. The van der Waals surface area contributed by atoms with Gasteiger partial charge in [-0.1, -0.05) is 64.7 Å². The summed E-state index contributed by atoms with van der Waals surface area (Å²) in [6.45, 7) is 3.79. The van der Waals surface area contributed by atoms with Gasteiger partial charge in [0, 0.05) is 18.0 Å². The summed E-state index contributed by atoms with van der Waals surface area (Å²) < 4.78 is 0. The van der Waals surface area contributed by atoms with E-state index in [-0.39, 0.29) is 6.03 Å². The van der Waals surface area contributed by atoms with E-state index < -0.39 is 0 Å². The normalized spacial score (nSPS) is 10.8. The number of urea groups is 1. The Morgan fingerprint density at radius 3 is 1.86 bits per heavy atom. The van der Waals surface area contributed by atoms with E-state index in [1.54, 1.807) is 12.1 Å². The molecule has 0 aliphatic carbocycles. The third-order valence-corrected chi connectivity index (χ3v) is 5.88. The second-order valence-electron chi connectivity index (χ2n) is 7.41. The summed E-state index contributed by atoms with van der Waals surface area (Å²) in [5, 5.41) is 15.2. The van der Waals surface area contributed by atoms with Crippen LogP contribution in [0.1, 0.15) is 84.0 Å². The van der Waals surface area contributed by atoms with Gasteiger partial charge in [0.25, 0.3) is 0 Å². The maximum atomic E-state index is 11.7. The molecule has 1 aromatic rings. The van der Waals surface area contributed by atoms with Crippen molar-refractivity contribution < 1.29 is 9.90 Å². The summed E-state index contributed by atoms with van der Waals surface area (Å²) in [4.78, 5) is 12.9. The number of thioether (sulfide) groups is 1. The van der Waals surface area contributed by atoms with E-state index in [4.69, 9.17) is 0 Å². The van der Waals surface area contributed by atoms with Gasteiger partial charge in [0.2, 0.25) is 0 Å². The number of aromatic hydroxyl groups is 1. The average Bonchev–Trinajstić information content (AvgIpc) is 2.70. The smallest absolute Gasteiger partial charge is 0.314 e. The van der Waals surface area contributed by atoms with Gasteiger partial charge in [-0.15, -0.1) is 11.8 Å². The van der Waals surface area contributed by atoms with Crippen LogP contribution < -0.4 is 10.6 Å². The first kappa shape index (κ1) is 24.7. The predicted octanol–water partition coefficient (Wildman–Crippen LogP) is 6.48. The molecule has 0 atom stereocenters. The molecule has 0 saturated heterocycles. The number of phenols is 1. The molecule has 28 heavy (non-hydrogen) atoms. The lowest BCUT2D eigenvalue weighted by atomic mass is 10.1. The Morgan fingerprint density at radius 1 is 0.786 bits per heavy atom. The fourth-order valence-electron chi connectivity index (χ4n) is 3.04. The highest BCUT2D eigenvalue weighted by atomic mass is 32.2. The summed E-state index contributed by atoms with van der Waals surface area (Å²) in [6, 6.07) is 7.35. The predicted molar refractivity (Wildman–Crippen MR) is 121 cm³/mol. The molecule has 1 aromatic carbocycles. The first-order valence-electron chi connectivity index (χ1n) is 11.2. The summed E-state index contributed by atoms with van der Waals surface area (Å²) in [6.07, 6.45) is 14.9. The Balaban J connectivity index is 1.80. The van der Waals surface area contributed by atoms with Crippen molar-refractivity contribution in [1.82, 2.24) is 10.6 Å². The van der Waals surface area contributed by atoms with Crippen LogP contribution in [0, 0.1) is 0 Å². The molecule has 0 spiro atoms. The van der Waals surface area contributed by atoms with Gasteiger partial charge in [0.05, 0.1) is 0 Å². The number of phenolic OH excluding ortho intramolecular Hbond substituents is 1. The van der Waals surface area contributed by atoms with Crippen LogP contribution >= 0.6 is 11.8 Å². The van der Waals surface area contributed by atoms with Crippen LogP contribution in [0.5, 0.6) is 5.75 Å². The van der Waals surface area contributed by atoms with Gasteiger partial charge in [-0.05, 0) is 49.3 Å². The van der Waals surface area contributed by atoms with Gasteiger partial charge >= 0.3 is 6.03 Å². The standard InChI is InChI=1S/C23H40N2O2S/c1-2-3-4-5-6-7-8-11-18-24-23(27)25-19-12-9-10-13-20-28-22-16-14-21(26)15-17-22/h14-17,26H,2-13,18-20H2,1H3,(H2,24,25,27). The van der Waals surface area contributed by atoms with E-state index >= 15 is 0 Å². The Kier molecular flexibility index (Phi) is 15.6. The van der Waals surface area contributed by atoms with Crippen molar-refractivity contribution >= 4 is 17.8 Å². The second-order valence-corrected chi connectivity index (χ2v) is 8.58. The molecular weight excluding hydrogens is 368 g/mol. The van der Waals surface area contributed by atoms with Crippen LogP contribution in [0.15, 0.2) is 29.2 Å². The molecule has 0 bridgehead atoms. The highest BCUT2D eigenvalue weighted by Gasteiger charge is 1.99. The minimum Gasteiger partial charge on any atom is -0.508 e. The lowest BCUT2D eigenvalue weighted by Gasteiger charge is -2.08. The second kappa shape index (κ2) is 17.7. The fourth-order valence-corrected chi connectivity index (χ4v) is 3.95. The van der Waals surface area contributed by atoms with Crippen LogP contribution in [0.3, 0.4) is 0 Å². The fraction of sp³-hybridized carbons (Fsp3) is 0.696.